The Labute approximate surface area is 184 Å². The summed E-state index contributed by atoms with van der Waals surface area (Å²) < 4.78 is 0. The van der Waals surface area contributed by atoms with Crippen molar-refractivity contribution in [2.45, 2.75) is 71.3 Å². The third-order valence-corrected chi connectivity index (χ3v) is 9.53. The molecule has 1 aromatic heterocycles. The number of hydrogen-bond acceptors (Lipinski definition) is 2. The van der Waals surface area contributed by atoms with Crippen LogP contribution in [-0.4, -0.2) is 21.8 Å². The van der Waals surface area contributed by atoms with E-state index < -0.39 is 0 Å². The number of aromatic nitrogens is 1. The molecule has 158 valence electrons. The first-order valence-corrected chi connectivity index (χ1v) is 12.1. The van der Waals surface area contributed by atoms with Crippen molar-refractivity contribution in [1.29, 1.82) is 0 Å². The molecule has 6 rings (SSSR count). The molecule has 5 aliphatic rings. The highest BCUT2D eigenvalue weighted by Gasteiger charge is 2.59. The highest BCUT2D eigenvalue weighted by Crippen LogP contribution is 2.66. The van der Waals surface area contributed by atoms with E-state index in [0.29, 0.717) is 29.7 Å². The van der Waals surface area contributed by atoms with E-state index in [1.807, 2.05) is 6.20 Å². The molecule has 5 atom stereocenters. The van der Waals surface area contributed by atoms with Gasteiger partial charge in [-0.25, -0.2) is 0 Å². The van der Waals surface area contributed by atoms with Crippen LogP contribution >= 0.6 is 11.6 Å². The fraction of sp³-hybridized carbons (Fsp3) is 0.615. The summed E-state index contributed by atoms with van der Waals surface area (Å²) in [5, 5.41) is 0.721. The molecule has 0 bridgehead atoms. The van der Waals surface area contributed by atoms with Gasteiger partial charge in [0.05, 0.1) is 5.02 Å². The summed E-state index contributed by atoms with van der Waals surface area (Å²) in [4.78, 5) is 19.3. The first-order valence-electron chi connectivity index (χ1n) is 11.8. The number of pyridine rings is 1. The molecule has 0 spiro atoms. The molecule has 2 heterocycles. The minimum atomic E-state index is 0.168. The molecule has 0 unspecified atom stereocenters. The van der Waals surface area contributed by atoms with Crippen LogP contribution in [0.1, 0.15) is 70.8 Å². The van der Waals surface area contributed by atoms with Crippen LogP contribution in [0.5, 0.6) is 0 Å². The van der Waals surface area contributed by atoms with Crippen LogP contribution in [-0.2, 0) is 4.79 Å². The number of halogens is 1. The Morgan fingerprint density at radius 2 is 1.87 bits per heavy atom. The molecule has 0 N–H and O–H groups in total. The van der Waals surface area contributed by atoms with Gasteiger partial charge in [-0.1, -0.05) is 37.6 Å². The molecule has 3 fully saturated rings. The zero-order valence-electron chi connectivity index (χ0n) is 18.0. The van der Waals surface area contributed by atoms with Gasteiger partial charge in [0.25, 0.3) is 0 Å². The largest absolute Gasteiger partial charge is 0.313 e. The SMILES string of the molecule is C[C@]12CCC(=O)N(C3CC3)C1=CC[C@@H]1[C@@H]2CC[C@]2(C)C(c3cncc(Cl)c3)=CC[C@@H]12. The van der Waals surface area contributed by atoms with Crippen molar-refractivity contribution in [3.63, 3.8) is 0 Å². The first-order chi connectivity index (χ1) is 14.4. The third kappa shape index (κ3) is 2.57. The minimum Gasteiger partial charge on any atom is -0.313 e. The molecule has 1 amide bonds. The Bertz CT molecular complexity index is 979. The number of nitrogens with zero attached hydrogens (tertiary/aromatic N) is 2. The standard InChI is InChI=1S/C26H31ClN2O/c1-25-11-9-22-19(21(25)7-6-20(25)16-13-17(27)15-28-14-16)5-8-23-26(22,2)12-10-24(30)29(23)18-3-4-18/h6,8,13-15,18-19,21-22H,3-5,7,9-12H2,1-2H3/t19-,21-,22-,25+,26+/m0/s1. The van der Waals surface area contributed by atoms with Gasteiger partial charge < -0.3 is 4.90 Å². The maximum Gasteiger partial charge on any atom is 0.227 e. The normalized spacial score (nSPS) is 40.3. The van der Waals surface area contributed by atoms with E-state index >= 15 is 0 Å². The summed E-state index contributed by atoms with van der Waals surface area (Å²) in [5.41, 5.74) is 4.42. The second-order valence-corrected chi connectivity index (χ2v) is 11.3. The average molecular weight is 423 g/mol. The van der Waals surface area contributed by atoms with Gasteiger partial charge in [0.15, 0.2) is 0 Å². The van der Waals surface area contributed by atoms with E-state index in [4.69, 9.17) is 11.6 Å². The summed E-state index contributed by atoms with van der Waals surface area (Å²) in [6.07, 6.45) is 17.6. The molecule has 4 heteroatoms. The van der Waals surface area contributed by atoms with Gasteiger partial charge in [0.2, 0.25) is 5.91 Å². The van der Waals surface area contributed by atoms with Gasteiger partial charge in [0, 0.05) is 36.0 Å². The highest BCUT2D eigenvalue weighted by molar-refractivity contribution is 6.30. The quantitative estimate of drug-likeness (QED) is 0.564. The van der Waals surface area contributed by atoms with Crippen molar-refractivity contribution in [3.8, 4) is 0 Å². The molecule has 1 aliphatic heterocycles. The van der Waals surface area contributed by atoms with Crippen LogP contribution < -0.4 is 0 Å². The lowest BCUT2D eigenvalue weighted by atomic mass is 9.49. The maximum absolute atomic E-state index is 12.8. The second-order valence-electron chi connectivity index (χ2n) is 10.8. The fourth-order valence-corrected chi connectivity index (χ4v) is 7.87. The lowest BCUT2D eigenvalue weighted by Gasteiger charge is -2.58. The minimum absolute atomic E-state index is 0.168. The molecule has 0 aromatic carbocycles. The molecule has 1 aromatic rings. The number of piperidine rings is 1. The molecular weight excluding hydrogens is 392 g/mol. The van der Waals surface area contributed by atoms with Crippen molar-refractivity contribution in [2.24, 2.45) is 28.6 Å². The number of amides is 1. The number of carbonyl (C=O) groups is 1. The van der Waals surface area contributed by atoms with Crippen molar-refractivity contribution in [1.82, 2.24) is 9.88 Å². The van der Waals surface area contributed by atoms with Crippen LogP contribution in [0.3, 0.4) is 0 Å². The second kappa shape index (κ2) is 6.45. The number of fused-ring (bicyclic) bond motifs is 5. The van der Waals surface area contributed by atoms with Gasteiger partial charge in [0.1, 0.15) is 0 Å². The van der Waals surface area contributed by atoms with E-state index in [1.165, 1.54) is 42.5 Å². The number of allylic oxidation sites excluding steroid dienone is 4. The molecule has 2 saturated carbocycles. The summed E-state index contributed by atoms with van der Waals surface area (Å²) in [5.74, 6) is 2.44. The zero-order valence-corrected chi connectivity index (χ0v) is 18.8. The lowest BCUT2D eigenvalue weighted by molar-refractivity contribution is -0.137. The van der Waals surface area contributed by atoms with E-state index in [1.54, 1.807) is 6.20 Å². The summed E-state index contributed by atoms with van der Waals surface area (Å²) >= 11 is 6.28. The van der Waals surface area contributed by atoms with Crippen LogP contribution in [0.2, 0.25) is 5.02 Å². The van der Waals surface area contributed by atoms with Crippen molar-refractivity contribution in [2.75, 3.05) is 0 Å². The highest BCUT2D eigenvalue weighted by atomic mass is 35.5. The molecule has 0 radical (unpaired) electrons. The Morgan fingerprint density at radius 1 is 1.03 bits per heavy atom. The van der Waals surface area contributed by atoms with E-state index in [0.717, 1.165) is 30.7 Å². The fourth-order valence-electron chi connectivity index (χ4n) is 7.69. The van der Waals surface area contributed by atoms with Crippen LogP contribution in [0.25, 0.3) is 5.57 Å². The van der Waals surface area contributed by atoms with Crippen LogP contribution in [0.15, 0.2) is 36.3 Å². The van der Waals surface area contributed by atoms with E-state index in [-0.39, 0.29) is 10.8 Å². The predicted octanol–water partition coefficient (Wildman–Crippen LogP) is 6.25. The van der Waals surface area contributed by atoms with Gasteiger partial charge >= 0.3 is 0 Å². The summed E-state index contributed by atoms with van der Waals surface area (Å²) in [6.45, 7) is 4.96. The average Bonchev–Trinajstić information content (AvgIpc) is 3.49. The lowest BCUT2D eigenvalue weighted by Crippen LogP contribution is -2.54. The van der Waals surface area contributed by atoms with Crippen LogP contribution in [0, 0.1) is 28.6 Å². The summed E-state index contributed by atoms with van der Waals surface area (Å²) in [7, 11) is 0. The summed E-state index contributed by atoms with van der Waals surface area (Å²) in [6, 6.07) is 2.57. The van der Waals surface area contributed by atoms with Crippen LogP contribution in [0.4, 0.5) is 0 Å². The molecule has 4 aliphatic carbocycles. The van der Waals surface area contributed by atoms with E-state index in [9.17, 15) is 4.79 Å². The monoisotopic (exact) mass is 422 g/mol. The Balaban J connectivity index is 1.34. The zero-order chi connectivity index (χ0) is 20.7. The third-order valence-electron chi connectivity index (χ3n) is 9.32. The molecule has 30 heavy (non-hydrogen) atoms. The number of hydrogen-bond donors (Lipinski definition) is 0. The smallest absolute Gasteiger partial charge is 0.227 e. The van der Waals surface area contributed by atoms with Gasteiger partial charge in [-0.3, -0.25) is 9.78 Å². The number of likely N-dealkylation sites (tertiary alicyclic amines) is 1. The van der Waals surface area contributed by atoms with Crippen molar-refractivity contribution in [3.05, 3.63) is 46.9 Å². The molecule has 3 nitrogen and oxygen atoms in total. The van der Waals surface area contributed by atoms with Gasteiger partial charge in [-0.2, -0.15) is 0 Å². The topological polar surface area (TPSA) is 33.2 Å². The first kappa shape index (κ1) is 19.1. The van der Waals surface area contributed by atoms with Crippen molar-refractivity contribution < 1.29 is 4.79 Å². The molecular formula is C26H31ClN2O. The Kier molecular flexibility index (Phi) is 4.11. The maximum atomic E-state index is 12.8. The number of carbonyl (C=O) groups excluding carboxylic acids is 1. The van der Waals surface area contributed by atoms with Gasteiger partial charge in [-0.05, 0) is 85.3 Å². The number of rotatable bonds is 2. The molecule has 1 saturated heterocycles. The Morgan fingerprint density at radius 3 is 2.63 bits per heavy atom. The predicted molar refractivity (Wildman–Crippen MR) is 120 cm³/mol. The Hall–Kier alpha value is -1.61. The van der Waals surface area contributed by atoms with Gasteiger partial charge in [-0.15, -0.1) is 0 Å². The van der Waals surface area contributed by atoms with Crippen molar-refractivity contribution >= 4 is 23.1 Å². The van der Waals surface area contributed by atoms with E-state index in [2.05, 4.69) is 41.9 Å².